The molecule has 4 nitrogen and oxygen atoms in total. The van der Waals surface area contributed by atoms with Crippen LogP contribution in [0.4, 0.5) is 0 Å². The van der Waals surface area contributed by atoms with Gasteiger partial charge in [-0.1, -0.05) is 29.8 Å². The van der Waals surface area contributed by atoms with Crippen molar-refractivity contribution < 1.29 is 9.90 Å². The van der Waals surface area contributed by atoms with Crippen molar-refractivity contribution in [1.29, 1.82) is 0 Å². The fourth-order valence-electron chi connectivity index (χ4n) is 2.38. The topological polar surface area (TPSA) is 55.1 Å². The fraction of sp³-hybridized carbons (Fsp3) is 0.125. The lowest BCUT2D eigenvalue weighted by Crippen LogP contribution is -2.02. The molecule has 2 aromatic carbocycles. The number of carbonyl (C=O) groups is 1. The number of nitrogens with zero attached hydrogens (tertiary/aromatic N) is 2. The van der Waals surface area contributed by atoms with Crippen molar-refractivity contribution in [3.63, 3.8) is 0 Å². The second-order valence-corrected chi connectivity index (χ2v) is 5.28. The van der Waals surface area contributed by atoms with Gasteiger partial charge in [-0.05, 0) is 29.8 Å². The zero-order chi connectivity index (χ0) is 15.0. The van der Waals surface area contributed by atoms with E-state index in [-0.39, 0.29) is 10.6 Å². The highest BCUT2D eigenvalue weighted by atomic mass is 35.5. The van der Waals surface area contributed by atoms with Crippen LogP contribution in [0.2, 0.25) is 5.02 Å². The van der Waals surface area contributed by atoms with Crippen LogP contribution in [0, 0.1) is 0 Å². The molecule has 21 heavy (non-hydrogen) atoms. The summed E-state index contributed by atoms with van der Waals surface area (Å²) in [6.45, 7) is 0. The second-order valence-electron chi connectivity index (χ2n) is 4.87. The predicted octanol–water partition coefficient (Wildman–Crippen LogP) is 3.52. The predicted molar refractivity (Wildman–Crippen MR) is 81.9 cm³/mol. The summed E-state index contributed by atoms with van der Waals surface area (Å²) in [5, 5.41) is 9.37. The van der Waals surface area contributed by atoms with Crippen LogP contribution in [0.5, 0.6) is 0 Å². The highest BCUT2D eigenvalue weighted by Crippen LogP contribution is 2.21. The highest BCUT2D eigenvalue weighted by Gasteiger charge is 2.12. The minimum absolute atomic E-state index is 0.118. The molecule has 1 aromatic heterocycles. The largest absolute Gasteiger partial charge is 0.478 e. The summed E-state index contributed by atoms with van der Waals surface area (Å²) in [7, 11) is 1.96. The van der Waals surface area contributed by atoms with Crippen molar-refractivity contribution in [2.75, 3.05) is 0 Å². The Bertz CT molecular complexity index is 839. The molecular weight excluding hydrogens is 288 g/mol. The van der Waals surface area contributed by atoms with E-state index in [1.807, 2.05) is 41.9 Å². The Balaban J connectivity index is 2.01. The molecule has 0 saturated heterocycles. The normalized spacial score (nSPS) is 11.0. The average Bonchev–Trinajstić information content (AvgIpc) is 2.78. The first-order valence-electron chi connectivity index (χ1n) is 6.48. The van der Waals surface area contributed by atoms with Gasteiger partial charge in [0.15, 0.2) is 0 Å². The Morgan fingerprint density at radius 3 is 2.76 bits per heavy atom. The zero-order valence-corrected chi connectivity index (χ0v) is 12.1. The molecule has 1 heterocycles. The van der Waals surface area contributed by atoms with Crippen LogP contribution >= 0.6 is 11.6 Å². The van der Waals surface area contributed by atoms with Gasteiger partial charge in [-0.25, -0.2) is 9.78 Å². The van der Waals surface area contributed by atoms with Crippen LogP contribution in [0.25, 0.3) is 11.0 Å². The van der Waals surface area contributed by atoms with Gasteiger partial charge in [-0.2, -0.15) is 0 Å². The van der Waals surface area contributed by atoms with Gasteiger partial charge in [0, 0.05) is 13.5 Å². The van der Waals surface area contributed by atoms with E-state index < -0.39 is 5.97 Å². The number of aromatic carboxylic acids is 1. The summed E-state index contributed by atoms with van der Waals surface area (Å²) < 4.78 is 2.02. The first-order chi connectivity index (χ1) is 10.1. The Kier molecular flexibility index (Phi) is 3.39. The molecule has 0 fully saturated rings. The lowest BCUT2D eigenvalue weighted by atomic mass is 10.1. The quantitative estimate of drug-likeness (QED) is 0.805. The number of carboxylic acid groups (broad SMARTS) is 1. The maximum absolute atomic E-state index is 11.1. The second kappa shape index (κ2) is 5.22. The zero-order valence-electron chi connectivity index (χ0n) is 11.4. The van der Waals surface area contributed by atoms with Crippen LogP contribution in [0.3, 0.4) is 0 Å². The summed E-state index contributed by atoms with van der Waals surface area (Å²) in [4.78, 5) is 15.7. The number of benzene rings is 2. The van der Waals surface area contributed by atoms with Gasteiger partial charge in [0.1, 0.15) is 5.82 Å². The van der Waals surface area contributed by atoms with Crippen LogP contribution in [0.15, 0.2) is 42.5 Å². The van der Waals surface area contributed by atoms with Crippen molar-refractivity contribution in [2.24, 2.45) is 7.05 Å². The molecule has 0 aliphatic carbocycles. The molecule has 0 unspecified atom stereocenters. The standard InChI is InChI=1S/C16H13ClN2O2/c1-19-14-5-3-2-4-13(14)18-15(19)9-10-6-7-12(17)11(8-10)16(20)21/h2-8H,9H2,1H3,(H,20,21). The van der Waals surface area contributed by atoms with Gasteiger partial charge in [0.2, 0.25) is 0 Å². The van der Waals surface area contributed by atoms with Gasteiger partial charge in [0.05, 0.1) is 21.6 Å². The van der Waals surface area contributed by atoms with Gasteiger partial charge in [-0.3, -0.25) is 0 Å². The molecule has 0 saturated carbocycles. The number of carboxylic acids is 1. The highest BCUT2D eigenvalue weighted by molar-refractivity contribution is 6.33. The molecule has 3 rings (SSSR count). The maximum Gasteiger partial charge on any atom is 0.337 e. The number of hydrogen-bond acceptors (Lipinski definition) is 2. The van der Waals surface area contributed by atoms with Gasteiger partial charge < -0.3 is 9.67 Å². The third-order valence-corrected chi connectivity index (χ3v) is 3.83. The van der Waals surface area contributed by atoms with Gasteiger partial charge >= 0.3 is 5.97 Å². The molecular formula is C16H13ClN2O2. The molecule has 3 aromatic rings. The lowest BCUT2D eigenvalue weighted by molar-refractivity contribution is 0.0697. The molecule has 0 bridgehead atoms. The van der Waals surface area contributed by atoms with Crippen LogP contribution in [-0.4, -0.2) is 20.6 Å². The van der Waals surface area contributed by atoms with Crippen molar-refractivity contribution in [3.8, 4) is 0 Å². The number of rotatable bonds is 3. The van der Waals surface area contributed by atoms with Crippen LogP contribution < -0.4 is 0 Å². The third-order valence-electron chi connectivity index (χ3n) is 3.50. The minimum atomic E-state index is -1.02. The van der Waals surface area contributed by atoms with E-state index in [2.05, 4.69) is 4.98 Å². The van der Waals surface area contributed by atoms with Crippen LogP contribution in [0.1, 0.15) is 21.7 Å². The summed E-state index contributed by atoms with van der Waals surface area (Å²) in [5.41, 5.74) is 2.98. The summed E-state index contributed by atoms with van der Waals surface area (Å²) >= 11 is 5.89. The van der Waals surface area contributed by atoms with E-state index >= 15 is 0 Å². The van der Waals surface area contributed by atoms with Crippen molar-refractivity contribution in [1.82, 2.24) is 9.55 Å². The van der Waals surface area contributed by atoms with E-state index in [1.165, 1.54) is 0 Å². The SMILES string of the molecule is Cn1c(Cc2ccc(Cl)c(C(=O)O)c2)nc2ccccc21. The number of imidazole rings is 1. The van der Waals surface area contributed by atoms with E-state index in [1.54, 1.807) is 12.1 Å². The summed E-state index contributed by atoms with van der Waals surface area (Å²) in [6.07, 6.45) is 0.558. The first kappa shape index (κ1) is 13.6. The Morgan fingerprint density at radius 2 is 2.05 bits per heavy atom. The molecule has 1 N–H and O–H groups in total. The summed E-state index contributed by atoms with van der Waals surface area (Å²) in [6, 6.07) is 12.9. The number of aryl methyl sites for hydroxylation is 1. The number of hydrogen-bond donors (Lipinski definition) is 1. The van der Waals surface area contributed by atoms with E-state index in [0.717, 1.165) is 22.4 Å². The average molecular weight is 301 g/mol. The lowest BCUT2D eigenvalue weighted by Gasteiger charge is -2.05. The van der Waals surface area contributed by atoms with E-state index in [4.69, 9.17) is 16.7 Å². The van der Waals surface area contributed by atoms with Crippen molar-refractivity contribution >= 4 is 28.6 Å². The van der Waals surface area contributed by atoms with E-state index in [0.29, 0.717) is 6.42 Å². The van der Waals surface area contributed by atoms with Crippen molar-refractivity contribution in [3.05, 3.63) is 64.4 Å². The number of halogens is 1. The number of aromatic nitrogens is 2. The van der Waals surface area contributed by atoms with Crippen molar-refractivity contribution in [2.45, 2.75) is 6.42 Å². The Hall–Kier alpha value is -2.33. The summed E-state index contributed by atoms with van der Waals surface area (Å²) in [5.74, 6) is -0.137. The molecule has 106 valence electrons. The molecule has 0 radical (unpaired) electrons. The molecule has 5 heteroatoms. The van der Waals surface area contributed by atoms with Gasteiger partial charge in [-0.15, -0.1) is 0 Å². The molecule has 0 amide bonds. The number of fused-ring (bicyclic) bond motifs is 1. The van der Waals surface area contributed by atoms with Gasteiger partial charge in [0.25, 0.3) is 0 Å². The smallest absolute Gasteiger partial charge is 0.337 e. The van der Waals surface area contributed by atoms with E-state index in [9.17, 15) is 4.79 Å². The molecule has 0 spiro atoms. The Morgan fingerprint density at radius 1 is 1.29 bits per heavy atom. The third kappa shape index (κ3) is 2.50. The monoisotopic (exact) mass is 300 g/mol. The Labute approximate surface area is 126 Å². The number of para-hydroxylation sites is 2. The van der Waals surface area contributed by atoms with Crippen LogP contribution in [-0.2, 0) is 13.5 Å². The molecule has 0 aliphatic heterocycles. The fourth-order valence-corrected chi connectivity index (χ4v) is 2.58. The molecule has 0 aliphatic rings. The minimum Gasteiger partial charge on any atom is -0.478 e. The first-order valence-corrected chi connectivity index (χ1v) is 6.86. The molecule has 0 atom stereocenters. The maximum atomic E-state index is 11.1.